The Morgan fingerprint density at radius 2 is 1.91 bits per heavy atom. The summed E-state index contributed by atoms with van der Waals surface area (Å²) in [6, 6.07) is 12.5. The maximum atomic E-state index is 13.1. The molecule has 0 N–H and O–H groups in total. The van der Waals surface area contributed by atoms with E-state index in [1.807, 2.05) is 31.2 Å². The fourth-order valence-corrected chi connectivity index (χ4v) is 4.43. The molecule has 0 atom stereocenters. The normalized spacial score (nSPS) is 15.2. The van der Waals surface area contributed by atoms with Crippen LogP contribution in [-0.2, 0) is 18.0 Å². The smallest absolute Gasteiger partial charge is 0.232 e. The average Bonchev–Trinajstić information content (AvgIpc) is 3.17. The molecule has 0 amide bonds. The zero-order valence-electron chi connectivity index (χ0n) is 19.5. The van der Waals surface area contributed by atoms with Crippen molar-refractivity contribution in [2.75, 3.05) is 21.0 Å². The van der Waals surface area contributed by atoms with E-state index < -0.39 is 0 Å². The van der Waals surface area contributed by atoms with Gasteiger partial charge in [-0.25, -0.2) is 0 Å². The summed E-state index contributed by atoms with van der Waals surface area (Å²) in [7, 11) is 3.14. The topological polar surface area (TPSA) is 72.5 Å². The molecule has 7 nitrogen and oxygen atoms in total. The number of halogens is 1. The molecule has 0 aromatic heterocycles. The molecule has 2 heterocycles. The lowest BCUT2D eigenvalue weighted by atomic mass is 10.0. The third-order valence-electron chi connectivity index (χ3n) is 5.82. The number of fused-ring (bicyclic) bond motifs is 2. The van der Waals surface area contributed by atoms with Gasteiger partial charge in [0, 0.05) is 33.8 Å². The first-order valence-electron chi connectivity index (χ1n) is 10.9. The Kier molecular flexibility index (Phi) is 6.28. The number of carbonyl (C=O) groups is 1. The zero-order chi connectivity index (χ0) is 24.5. The Morgan fingerprint density at radius 3 is 2.71 bits per heavy atom. The highest BCUT2D eigenvalue weighted by Crippen LogP contribution is 2.39. The van der Waals surface area contributed by atoms with Crippen molar-refractivity contribution in [1.82, 2.24) is 0 Å². The standard InChI is InChI=1S/C27H23ClO7/c1-15-6-21(33-13-18-8-19(28)7-17-12-32-14-34-27(17)18)11-23-25(15)26(29)24(35-23)9-16-4-5-20(30-2)10-22(16)31-3/h4-11H,12-14H2,1-3H3/b24-9-. The molecule has 0 aliphatic carbocycles. The summed E-state index contributed by atoms with van der Waals surface area (Å²) >= 11 is 6.26. The first-order valence-corrected chi connectivity index (χ1v) is 11.3. The molecule has 0 radical (unpaired) electrons. The Morgan fingerprint density at radius 1 is 1.06 bits per heavy atom. The summed E-state index contributed by atoms with van der Waals surface area (Å²) in [6.07, 6.45) is 1.66. The first-order chi connectivity index (χ1) is 17.0. The number of hydrogen-bond acceptors (Lipinski definition) is 7. The van der Waals surface area contributed by atoms with Gasteiger partial charge < -0.3 is 28.4 Å². The average molecular weight is 495 g/mol. The molecule has 3 aromatic rings. The van der Waals surface area contributed by atoms with Crippen LogP contribution in [0.3, 0.4) is 0 Å². The minimum absolute atomic E-state index is 0.184. The first kappa shape index (κ1) is 23.1. The van der Waals surface area contributed by atoms with Crippen LogP contribution >= 0.6 is 11.6 Å². The van der Waals surface area contributed by atoms with Crippen LogP contribution in [-0.4, -0.2) is 26.8 Å². The van der Waals surface area contributed by atoms with E-state index in [0.29, 0.717) is 45.8 Å². The maximum absolute atomic E-state index is 13.1. The predicted molar refractivity (Wildman–Crippen MR) is 130 cm³/mol. The highest BCUT2D eigenvalue weighted by Gasteiger charge is 2.30. The largest absolute Gasteiger partial charge is 0.497 e. The van der Waals surface area contributed by atoms with Crippen LogP contribution in [0.4, 0.5) is 0 Å². The van der Waals surface area contributed by atoms with E-state index in [4.69, 9.17) is 40.0 Å². The van der Waals surface area contributed by atoms with Gasteiger partial charge in [0.05, 0.1) is 26.4 Å². The van der Waals surface area contributed by atoms with Gasteiger partial charge in [0.15, 0.2) is 12.6 Å². The lowest BCUT2D eigenvalue weighted by Crippen LogP contribution is -2.14. The lowest BCUT2D eigenvalue weighted by molar-refractivity contribution is -0.0175. The van der Waals surface area contributed by atoms with Gasteiger partial charge in [-0.1, -0.05) is 11.6 Å². The molecule has 0 bridgehead atoms. The van der Waals surface area contributed by atoms with Crippen LogP contribution in [0.15, 0.2) is 48.2 Å². The van der Waals surface area contributed by atoms with E-state index in [9.17, 15) is 4.79 Å². The summed E-state index contributed by atoms with van der Waals surface area (Å²) in [4.78, 5) is 13.1. The number of aryl methyl sites for hydroxylation is 1. The van der Waals surface area contributed by atoms with E-state index in [1.54, 1.807) is 38.5 Å². The zero-order valence-corrected chi connectivity index (χ0v) is 20.2. The Labute approximate surface area is 207 Å². The Hall–Kier alpha value is -3.68. The van der Waals surface area contributed by atoms with Crippen LogP contribution in [0, 0.1) is 6.92 Å². The molecule has 2 aliphatic rings. The molecule has 35 heavy (non-hydrogen) atoms. The van der Waals surface area contributed by atoms with Gasteiger partial charge in [-0.15, -0.1) is 0 Å². The lowest BCUT2D eigenvalue weighted by Gasteiger charge is -2.21. The molecule has 0 unspecified atom stereocenters. The number of hydrogen-bond donors (Lipinski definition) is 0. The fourth-order valence-electron chi connectivity index (χ4n) is 4.16. The van der Waals surface area contributed by atoms with Gasteiger partial charge >= 0.3 is 0 Å². The number of benzene rings is 3. The third kappa shape index (κ3) is 4.52. The van der Waals surface area contributed by atoms with Gasteiger partial charge in [-0.2, -0.15) is 0 Å². The van der Waals surface area contributed by atoms with Crippen molar-refractivity contribution in [2.45, 2.75) is 20.1 Å². The number of ketones is 1. The number of Topliss-reactive ketones (excluding diaryl/α,β-unsaturated/α-hetero) is 1. The summed E-state index contributed by atoms with van der Waals surface area (Å²) in [5.74, 6) is 2.98. The minimum atomic E-state index is -0.195. The van der Waals surface area contributed by atoms with Crippen molar-refractivity contribution in [3.63, 3.8) is 0 Å². The SMILES string of the molecule is COc1ccc(/C=C2\Oc3cc(OCc4cc(Cl)cc5c4OCOC5)cc(C)c3C2=O)c(OC)c1. The Bertz CT molecular complexity index is 1350. The fraction of sp³-hybridized carbons (Fsp3) is 0.222. The van der Waals surface area contributed by atoms with Crippen molar-refractivity contribution in [2.24, 2.45) is 0 Å². The second-order valence-electron chi connectivity index (χ2n) is 8.11. The van der Waals surface area contributed by atoms with Crippen molar-refractivity contribution in [1.29, 1.82) is 0 Å². The van der Waals surface area contributed by atoms with E-state index in [0.717, 1.165) is 22.4 Å². The number of rotatable bonds is 6. The molecule has 5 rings (SSSR count). The minimum Gasteiger partial charge on any atom is -0.497 e. The van der Waals surface area contributed by atoms with Crippen molar-refractivity contribution >= 4 is 23.5 Å². The van der Waals surface area contributed by atoms with Gasteiger partial charge in [-0.05, 0) is 48.9 Å². The summed E-state index contributed by atoms with van der Waals surface area (Å²) in [5.41, 5.74) is 3.67. The molecule has 0 fully saturated rings. The molecule has 0 saturated carbocycles. The summed E-state index contributed by atoms with van der Waals surface area (Å²) in [5, 5.41) is 0.583. The predicted octanol–water partition coefficient (Wildman–Crippen LogP) is 5.73. The van der Waals surface area contributed by atoms with E-state index in [1.165, 1.54) is 0 Å². The molecule has 180 valence electrons. The van der Waals surface area contributed by atoms with Gasteiger partial charge in [0.25, 0.3) is 0 Å². The third-order valence-corrected chi connectivity index (χ3v) is 6.04. The second-order valence-corrected chi connectivity index (χ2v) is 8.55. The molecular formula is C27H23ClO7. The van der Waals surface area contributed by atoms with E-state index >= 15 is 0 Å². The van der Waals surface area contributed by atoms with Crippen LogP contribution in [0.2, 0.25) is 5.02 Å². The van der Waals surface area contributed by atoms with Crippen LogP contribution in [0.1, 0.15) is 32.6 Å². The van der Waals surface area contributed by atoms with Crippen LogP contribution in [0.25, 0.3) is 6.08 Å². The summed E-state index contributed by atoms with van der Waals surface area (Å²) in [6.45, 7) is 2.71. The van der Waals surface area contributed by atoms with Crippen molar-refractivity contribution < 1.29 is 33.2 Å². The highest BCUT2D eigenvalue weighted by molar-refractivity contribution is 6.30. The quantitative estimate of drug-likeness (QED) is 0.405. The molecule has 0 spiro atoms. The Balaban J connectivity index is 1.39. The highest BCUT2D eigenvalue weighted by atomic mass is 35.5. The molecule has 2 aliphatic heterocycles. The van der Waals surface area contributed by atoms with Gasteiger partial charge in [0.1, 0.15) is 35.4 Å². The number of carbonyl (C=O) groups excluding carboxylic acids is 1. The molecule has 3 aromatic carbocycles. The second kappa shape index (κ2) is 9.52. The number of methoxy groups -OCH3 is 2. The van der Waals surface area contributed by atoms with Crippen molar-refractivity contribution in [3.05, 3.63) is 81.1 Å². The van der Waals surface area contributed by atoms with Crippen LogP contribution in [0.5, 0.6) is 28.7 Å². The number of allylic oxidation sites excluding steroid dienone is 1. The van der Waals surface area contributed by atoms with E-state index in [2.05, 4.69) is 0 Å². The molecule has 0 saturated heterocycles. The van der Waals surface area contributed by atoms with Gasteiger partial charge in [-0.3, -0.25) is 4.79 Å². The van der Waals surface area contributed by atoms with Crippen molar-refractivity contribution in [3.8, 4) is 28.7 Å². The van der Waals surface area contributed by atoms with Crippen LogP contribution < -0.4 is 23.7 Å². The molecule has 8 heteroatoms. The monoisotopic (exact) mass is 494 g/mol. The van der Waals surface area contributed by atoms with Gasteiger partial charge in [0.2, 0.25) is 5.78 Å². The number of ether oxygens (including phenoxy) is 6. The maximum Gasteiger partial charge on any atom is 0.232 e. The molecular weight excluding hydrogens is 472 g/mol. The summed E-state index contributed by atoms with van der Waals surface area (Å²) < 4.78 is 33.7. The van der Waals surface area contributed by atoms with E-state index in [-0.39, 0.29) is 24.9 Å².